The van der Waals surface area contributed by atoms with E-state index >= 15 is 0 Å². The molecular formula is C27H46N2O2. The Hall–Kier alpha value is -1.76. The summed E-state index contributed by atoms with van der Waals surface area (Å²) in [6.07, 6.45) is 14.9. The fourth-order valence-corrected chi connectivity index (χ4v) is 4.47. The molecule has 0 spiro atoms. The number of carbonyl (C=O) groups excluding carboxylic acids is 1. The summed E-state index contributed by atoms with van der Waals surface area (Å²) in [4.78, 5) is 14.9. The molecule has 4 nitrogen and oxygen atoms in total. The van der Waals surface area contributed by atoms with Crippen LogP contribution in [0.3, 0.4) is 0 Å². The Morgan fingerprint density at radius 2 is 1.61 bits per heavy atom. The second-order valence-corrected chi connectivity index (χ2v) is 8.96. The SMILES string of the molecule is CCCCC(CC)CN(CC(CC)CCCC)C1=CC(=C(C#N)C(=O)OCC)CCC1. The third-order valence-corrected chi connectivity index (χ3v) is 6.58. The van der Waals surface area contributed by atoms with Gasteiger partial charge in [0.1, 0.15) is 11.6 Å². The van der Waals surface area contributed by atoms with E-state index in [0.717, 1.165) is 37.9 Å². The predicted molar refractivity (Wildman–Crippen MR) is 129 cm³/mol. The first kappa shape index (κ1) is 27.3. The quantitative estimate of drug-likeness (QED) is 0.157. The van der Waals surface area contributed by atoms with Crippen molar-refractivity contribution in [1.29, 1.82) is 5.26 Å². The molecule has 0 saturated carbocycles. The van der Waals surface area contributed by atoms with Gasteiger partial charge in [-0.25, -0.2) is 4.79 Å². The highest BCUT2D eigenvalue weighted by molar-refractivity contribution is 5.94. The number of esters is 1. The molecule has 0 fully saturated rings. The van der Waals surface area contributed by atoms with Crippen LogP contribution in [0.4, 0.5) is 0 Å². The van der Waals surface area contributed by atoms with Crippen LogP contribution in [0.5, 0.6) is 0 Å². The number of rotatable bonds is 15. The van der Waals surface area contributed by atoms with Gasteiger partial charge in [-0.1, -0.05) is 66.2 Å². The van der Waals surface area contributed by atoms with Crippen LogP contribution in [0.25, 0.3) is 0 Å². The Morgan fingerprint density at radius 3 is 2.06 bits per heavy atom. The maximum absolute atomic E-state index is 12.3. The van der Waals surface area contributed by atoms with Crippen LogP contribution in [0.2, 0.25) is 0 Å². The van der Waals surface area contributed by atoms with Crippen molar-refractivity contribution in [3.63, 3.8) is 0 Å². The Labute approximate surface area is 191 Å². The molecule has 2 atom stereocenters. The van der Waals surface area contributed by atoms with Crippen LogP contribution in [-0.4, -0.2) is 30.6 Å². The smallest absolute Gasteiger partial charge is 0.349 e. The summed E-state index contributed by atoms with van der Waals surface area (Å²) in [7, 11) is 0. The van der Waals surface area contributed by atoms with Gasteiger partial charge < -0.3 is 9.64 Å². The maximum atomic E-state index is 12.3. The highest BCUT2D eigenvalue weighted by Crippen LogP contribution is 2.30. The van der Waals surface area contributed by atoms with Crippen LogP contribution in [0.15, 0.2) is 22.9 Å². The minimum atomic E-state index is -0.479. The molecule has 1 aliphatic carbocycles. The number of nitrogens with zero attached hydrogens (tertiary/aromatic N) is 2. The molecule has 176 valence electrons. The van der Waals surface area contributed by atoms with Gasteiger partial charge in [-0.05, 0) is 62.5 Å². The molecule has 0 amide bonds. The third kappa shape index (κ3) is 9.50. The van der Waals surface area contributed by atoms with Crippen molar-refractivity contribution in [3.05, 3.63) is 22.9 Å². The van der Waals surface area contributed by atoms with E-state index in [2.05, 4.69) is 44.7 Å². The second kappa shape index (κ2) is 16.0. The van der Waals surface area contributed by atoms with Crippen molar-refractivity contribution in [2.45, 2.75) is 105 Å². The molecule has 31 heavy (non-hydrogen) atoms. The number of hydrogen-bond acceptors (Lipinski definition) is 4. The first-order chi connectivity index (χ1) is 15.0. The summed E-state index contributed by atoms with van der Waals surface area (Å²) >= 11 is 0. The largest absolute Gasteiger partial charge is 0.462 e. The fraction of sp³-hybridized carbons (Fsp3) is 0.778. The van der Waals surface area contributed by atoms with Crippen LogP contribution >= 0.6 is 0 Å². The average Bonchev–Trinajstić information content (AvgIpc) is 2.79. The zero-order valence-electron chi connectivity index (χ0n) is 20.8. The van der Waals surface area contributed by atoms with Gasteiger partial charge in [0.25, 0.3) is 0 Å². The summed E-state index contributed by atoms with van der Waals surface area (Å²) in [6.45, 7) is 13.4. The molecule has 1 aliphatic rings. The molecule has 0 bridgehead atoms. The number of nitriles is 1. The summed E-state index contributed by atoms with van der Waals surface area (Å²) in [6, 6.07) is 2.12. The van der Waals surface area contributed by atoms with Gasteiger partial charge in [0.05, 0.1) is 6.61 Å². The van der Waals surface area contributed by atoms with Crippen LogP contribution < -0.4 is 0 Å². The van der Waals surface area contributed by atoms with E-state index in [1.807, 2.05) is 0 Å². The van der Waals surface area contributed by atoms with Gasteiger partial charge >= 0.3 is 5.97 Å². The minimum absolute atomic E-state index is 0.190. The minimum Gasteiger partial charge on any atom is -0.462 e. The van der Waals surface area contributed by atoms with Crippen LogP contribution in [0.1, 0.15) is 105 Å². The van der Waals surface area contributed by atoms with Gasteiger partial charge in [-0.2, -0.15) is 5.26 Å². The van der Waals surface area contributed by atoms with Gasteiger partial charge in [0, 0.05) is 18.8 Å². The van der Waals surface area contributed by atoms with E-state index in [0.29, 0.717) is 18.4 Å². The Morgan fingerprint density at radius 1 is 1.03 bits per heavy atom. The highest BCUT2D eigenvalue weighted by atomic mass is 16.5. The zero-order valence-corrected chi connectivity index (χ0v) is 20.8. The van der Waals surface area contributed by atoms with E-state index in [-0.39, 0.29) is 5.57 Å². The van der Waals surface area contributed by atoms with Crippen molar-refractivity contribution in [3.8, 4) is 6.07 Å². The lowest BCUT2D eigenvalue weighted by atomic mass is 9.91. The van der Waals surface area contributed by atoms with E-state index < -0.39 is 5.97 Å². The standard InChI is InChI=1S/C27H46N2O2/c1-6-11-14-22(8-3)20-29(21-23(9-4)15-12-7-2)25-17-13-16-24(18-25)26(19-28)27(30)31-10-5/h18,22-23H,6-17,20-21H2,1-5H3. The molecule has 0 N–H and O–H groups in total. The maximum Gasteiger partial charge on any atom is 0.349 e. The molecule has 0 saturated heterocycles. The first-order valence-corrected chi connectivity index (χ1v) is 12.8. The fourth-order valence-electron chi connectivity index (χ4n) is 4.47. The number of ether oxygens (including phenoxy) is 1. The number of allylic oxidation sites excluding steroid dienone is 3. The Kier molecular flexibility index (Phi) is 14.0. The van der Waals surface area contributed by atoms with Crippen molar-refractivity contribution >= 4 is 5.97 Å². The summed E-state index contributed by atoms with van der Waals surface area (Å²) in [5, 5.41) is 9.61. The lowest BCUT2D eigenvalue weighted by molar-refractivity contribution is -0.138. The van der Waals surface area contributed by atoms with Gasteiger partial charge in [-0.15, -0.1) is 0 Å². The monoisotopic (exact) mass is 430 g/mol. The van der Waals surface area contributed by atoms with Crippen molar-refractivity contribution in [1.82, 2.24) is 4.90 Å². The molecular weight excluding hydrogens is 384 g/mol. The van der Waals surface area contributed by atoms with Crippen molar-refractivity contribution in [2.24, 2.45) is 11.8 Å². The van der Waals surface area contributed by atoms with E-state index in [9.17, 15) is 10.1 Å². The lowest BCUT2D eigenvalue weighted by Gasteiger charge is -2.36. The van der Waals surface area contributed by atoms with Crippen LogP contribution in [-0.2, 0) is 9.53 Å². The van der Waals surface area contributed by atoms with Gasteiger partial charge in [0.15, 0.2) is 0 Å². The van der Waals surface area contributed by atoms with E-state index in [1.165, 1.54) is 57.1 Å². The van der Waals surface area contributed by atoms with Gasteiger partial charge in [-0.3, -0.25) is 0 Å². The van der Waals surface area contributed by atoms with Gasteiger partial charge in [0.2, 0.25) is 0 Å². The van der Waals surface area contributed by atoms with Crippen molar-refractivity contribution in [2.75, 3.05) is 19.7 Å². The van der Waals surface area contributed by atoms with E-state index in [1.54, 1.807) is 6.92 Å². The molecule has 1 rings (SSSR count). The molecule has 2 unspecified atom stereocenters. The molecule has 0 aromatic heterocycles. The summed E-state index contributed by atoms with van der Waals surface area (Å²) in [5.41, 5.74) is 2.36. The first-order valence-electron chi connectivity index (χ1n) is 12.8. The van der Waals surface area contributed by atoms with E-state index in [4.69, 9.17) is 4.74 Å². The molecule has 0 aromatic carbocycles. The molecule has 0 radical (unpaired) electrons. The lowest BCUT2D eigenvalue weighted by Crippen LogP contribution is -2.34. The third-order valence-electron chi connectivity index (χ3n) is 6.58. The Bertz CT molecular complexity index is 612. The molecule has 0 aromatic rings. The topological polar surface area (TPSA) is 53.3 Å². The van der Waals surface area contributed by atoms with Crippen molar-refractivity contribution < 1.29 is 9.53 Å². The normalized spacial score (nSPS) is 17.4. The molecule has 0 heterocycles. The molecule has 0 aliphatic heterocycles. The number of unbranched alkanes of at least 4 members (excludes halogenated alkanes) is 2. The number of hydrogen-bond donors (Lipinski definition) is 0. The molecule has 4 heteroatoms. The number of carbonyl (C=O) groups is 1. The average molecular weight is 431 g/mol. The zero-order chi connectivity index (χ0) is 23.1. The highest BCUT2D eigenvalue weighted by Gasteiger charge is 2.23. The summed E-state index contributed by atoms with van der Waals surface area (Å²) in [5.74, 6) is 0.909. The Balaban J connectivity index is 3.20. The second-order valence-electron chi connectivity index (χ2n) is 8.96. The summed E-state index contributed by atoms with van der Waals surface area (Å²) < 4.78 is 5.13. The van der Waals surface area contributed by atoms with Crippen LogP contribution in [0, 0.1) is 23.2 Å². The predicted octanol–water partition coefficient (Wildman–Crippen LogP) is 7.17.